The number of hydrogen-bond acceptors (Lipinski definition) is 2. The van der Waals surface area contributed by atoms with Gasteiger partial charge in [-0.3, -0.25) is 0 Å². The van der Waals surface area contributed by atoms with Gasteiger partial charge in [-0.05, 0) is 49.3 Å². The fraction of sp³-hybridized carbons (Fsp3) is 0.625. The van der Waals surface area contributed by atoms with Crippen molar-refractivity contribution >= 4 is 11.4 Å². The SMILES string of the molecule is CCCC1CCN(c2cccc3c2CCCN3)C1. The van der Waals surface area contributed by atoms with E-state index >= 15 is 0 Å². The summed E-state index contributed by atoms with van der Waals surface area (Å²) in [6.07, 6.45) is 6.62. The van der Waals surface area contributed by atoms with Gasteiger partial charge in [-0.1, -0.05) is 19.4 Å². The summed E-state index contributed by atoms with van der Waals surface area (Å²) in [6, 6.07) is 6.76. The molecule has 1 unspecified atom stereocenters. The van der Waals surface area contributed by atoms with E-state index in [-0.39, 0.29) is 0 Å². The molecule has 1 N–H and O–H groups in total. The van der Waals surface area contributed by atoms with Gasteiger partial charge >= 0.3 is 0 Å². The van der Waals surface area contributed by atoms with E-state index in [0.29, 0.717) is 0 Å². The van der Waals surface area contributed by atoms with Crippen molar-refractivity contribution in [2.75, 3.05) is 29.9 Å². The summed E-state index contributed by atoms with van der Waals surface area (Å²) in [5.74, 6) is 0.919. The Morgan fingerprint density at radius 2 is 2.33 bits per heavy atom. The number of anilines is 2. The number of nitrogens with one attached hydrogen (secondary N) is 1. The Hall–Kier alpha value is -1.18. The predicted molar refractivity (Wildman–Crippen MR) is 78.5 cm³/mol. The molecule has 2 aliphatic heterocycles. The normalized spacial score (nSPS) is 22.7. The van der Waals surface area contributed by atoms with Crippen LogP contribution in [0.3, 0.4) is 0 Å². The van der Waals surface area contributed by atoms with Crippen LogP contribution in [0, 0.1) is 5.92 Å². The molecule has 2 heteroatoms. The van der Waals surface area contributed by atoms with Crippen molar-refractivity contribution in [3.05, 3.63) is 23.8 Å². The second kappa shape index (κ2) is 5.21. The molecular weight excluding hydrogens is 220 g/mol. The van der Waals surface area contributed by atoms with Crippen LogP contribution in [-0.4, -0.2) is 19.6 Å². The average molecular weight is 244 g/mol. The lowest BCUT2D eigenvalue weighted by molar-refractivity contribution is 0.529. The van der Waals surface area contributed by atoms with Crippen molar-refractivity contribution in [3.63, 3.8) is 0 Å². The molecule has 0 aliphatic carbocycles. The first-order chi connectivity index (χ1) is 8.88. The molecule has 0 amide bonds. The monoisotopic (exact) mass is 244 g/mol. The van der Waals surface area contributed by atoms with Crippen LogP contribution in [0.5, 0.6) is 0 Å². The van der Waals surface area contributed by atoms with E-state index in [0.717, 1.165) is 12.5 Å². The molecule has 18 heavy (non-hydrogen) atoms. The smallest absolute Gasteiger partial charge is 0.0419 e. The van der Waals surface area contributed by atoms with Crippen LogP contribution in [0.25, 0.3) is 0 Å². The van der Waals surface area contributed by atoms with E-state index in [1.165, 1.54) is 56.6 Å². The van der Waals surface area contributed by atoms with Crippen LogP contribution >= 0.6 is 0 Å². The van der Waals surface area contributed by atoms with E-state index < -0.39 is 0 Å². The van der Waals surface area contributed by atoms with Gasteiger partial charge in [-0.25, -0.2) is 0 Å². The number of fused-ring (bicyclic) bond motifs is 1. The number of nitrogens with zero attached hydrogens (tertiary/aromatic N) is 1. The predicted octanol–water partition coefficient (Wildman–Crippen LogP) is 3.67. The molecule has 0 aromatic heterocycles. The second-order valence-corrected chi connectivity index (χ2v) is 5.72. The minimum Gasteiger partial charge on any atom is -0.385 e. The molecule has 0 radical (unpaired) electrons. The maximum absolute atomic E-state index is 3.54. The molecule has 1 saturated heterocycles. The van der Waals surface area contributed by atoms with Crippen LogP contribution < -0.4 is 10.2 Å². The molecule has 1 fully saturated rings. The first-order valence-corrected chi connectivity index (χ1v) is 7.49. The van der Waals surface area contributed by atoms with Gasteiger partial charge in [0.15, 0.2) is 0 Å². The number of rotatable bonds is 3. The lowest BCUT2D eigenvalue weighted by atomic mass is 10.0. The molecule has 0 saturated carbocycles. The minimum absolute atomic E-state index is 0.919. The van der Waals surface area contributed by atoms with Gasteiger partial charge in [-0.15, -0.1) is 0 Å². The van der Waals surface area contributed by atoms with E-state index in [1.54, 1.807) is 5.56 Å². The van der Waals surface area contributed by atoms with Gasteiger partial charge in [0, 0.05) is 31.0 Å². The van der Waals surface area contributed by atoms with Crippen LogP contribution in [-0.2, 0) is 6.42 Å². The zero-order valence-corrected chi connectivity index (χ0v) is 11.4. The lowest BCUT2D eigenvalue weighted by Gasteiger charge is -2.27. The van der Waals surface area contributed by atoms with Crippen LogP contribution in [0.4, 0.5) is 11.4 Å². The summed E-state index contributed by atoms with van der Waals surface area (Å²) >= 11 is 0. The van der Waals surface area contributed by atoms with Gasteiger partial charge < -0.3 is 10.2 Å². The van der Waals surface area contributed by atoms with Gasteiger partial charge in [0.25, 0.3) is 0 Å². The Morgan fingerprint density at radius 3 is 3.22 bits per heavy atom. The lowest BCUT2D eigenvalue weighted by Crippen LogP contribution is -2.23. The van der Waals surface area contributed by atoms with E-state index in [4.69, 9.17) is 0 Å². The van der Waals surface area contributed by atoms with Crippen LogP contribution in [0.2, 0.25) is 0 Å². The maximum atomic E-state index is 3.54. The molecule has 0 spiro atoms. The summed E-state index contributed by atoms with van der Waals surface area (Å²) in [7, 11) is 0. The van der Waals surface area contributed by atoms with Crippen molar-refractivity contribution < 1.29 is 0 Å². The molecular formula is C16H24N2. The van der Waals surface area contributed by atoms with Gasteiger partial charge in [0.1, 0.15) is 0 Å². The van der Waals surface area contributed by atoms with Crippen LogP contribution in [0.15, 0.2) is 18.2 Å². The fourth-order valence-corrected chi connectivity index (χ4v) is 3.48. The van der Waals surface area contributed by atoms with E-state index in [2.05, 4.69) is 35.3 Å². The summed E-state index contributed by atoms with van der Waals surface area (Å²) in [5.41, 5.74) is 4.43. The zero-order chi connectivity index (χ0) is 12.4. The van der Waals surface area contributed by atoms with Crippen molar-refractivity contribution in [1.29, 1.82) is 0 Å². The molecule has 1 aromatic carbocycles. The molecule has 1 atom stereocenters. The number of benzene rings is 1. The Morgan fingerprint density at radius 1 is 1.39 bits per heavy atom. The molecule has 2 nitrogen and oxygen atoms in total. The topological polar surface area (TPSA) is 15.3 Å². The highest BCUT2D eigenvalue weighted by molar-refractivity contribution is 5.68. The second-order valence-electron chi connectivity index (χ2n) is 5.72. The molecule has 2 heterocycles. The van der Waals surface area contributed by atoms with Crippen molar-refractivity contribution in [1.82, 2.24) is 0 Å². The molecule has 98 valence electrons. The Balaban J connectivity index is 1.80. The zero-order valence-electron chi connectivity index (χ0n) is 11.4. The molecule has 3 rings (SSSR count). The largest absolute Gasteiger partial charge is 0.385 e. The Bertz CT molecular complexity index is 414. The van der Waals surface area contributed by atoms with Crippen molar-refractivity contribution in [2.24, 2.45) is 5.92 Å². The van der Waals surface area contributed by atoms with Gasteiger partial charge in [0.2, 0.25) is 0 Å². The van der Waals surface area contributed by atoms with E-state index in [1.807, 2.05) is 0 Å². The van der Waals surface area contributed by atoms with Gasteiger partial charge in [-0.2, -0.15) is 0 Å². The summed E-state index contributed by atoms with van der Waals surface area (Å²) in [6.45, 7) is 5.96. The standard InChI is InChI=1S/C16H24N2/c1-2-5-13-9-11-18(12-13)16-8-3-7-15-14(16)6-4-10-17-15/h3,7-8,13,17H,2,4-6,9-12H2,1H3. The van der Waals surface area contributed by atoms with Gasteiger partial charge in [0.05, 0.1) is 0 Å². The third-order valence-electron chi connectivity index (χ3n) is 4.39. The van der Waals surface area contributed by atoms with Crippen LogP contribution in [0.1, 0.15) is 38.2 Å². The minimum atomic E-state index is 0.919. The molecule has 1 aromatic rings. The summed E-state index contributed by atoms with van der Waals surface area (Å²) in [4.78, 5) is 2.62. The highest BCUT2D eigenvalue weighted by atomic mass is 15.2. The Kier molecular flexibility index (Phi) is 3.44. The van der Waals surface area contributed by atoms with Crippen molar-refractivity contribution in [2.45, 2.75) is 39.0 Å². The summed E-state index contributed by atoms with van der Waals surface area (Å²) in [5, 5.41) is 3.54. The third kappa shape index (κ3) is 2.21. The number of hydrogen-bond donors (Lipinski definition) is 1. The summed E-state index contributed by atoms with van der Waals surface area (Å²) < 4.78 is 0. The maximum Gasteiger partial charge on any atom is 0.0419 e. The van der Waals surface area contributed by atoms with E-state index in [9.17, 15) is 0 Å². The first-order valence-electron chi connectivity index (χ1n) is 7.49. The average Bonchev–Trinajstić information content (AvgIpc) is 2.87. The van der Waals surface area contributed by atoms with Crippen molar-refractivity contribution in [3.8, 4) is 0 Å². The first kappa shape index (κ1) is 11.9. The fourth-order valence-electron chi connectivity index (χ4n) is 3.48. The molecule has 0 bridgehead atoms. The third-order valence-corrected chi connectivity index (χ3v) is 4.39. The highest BCUT2D eigenvalue weighted by Gasteiger charge is 2.24. The quantitative estimate of drug-likeness (QED) is 0.872. The highest BCUT2D eigenvalue weighted by Crippen LogP contribution is 2.34. The molecule has 2 aliphatic rings. The Labute approximate surface area is 110 Å².